The van der Waals surface area contributed by atoms with E-state index in [0.717, 1.165) is 6.07 Å². The average Bonchev–Trinajstić information content (AvgIpc) is 2.28. The van der Waals surface area contributed by atoms with Crippen LogP contribution >= 0.6 is 0 Å². The van der Waals surface area contributed by atoms with E-state index in [1.165, 1.54) is 12.1 Å². The Morgan fingerprint density at radius 3 is 2.76 bits per heavy atom. The predicted octanol–water partition coefficient (Wildman–Crippen LogP) is 3.29. The molecule has 17 heavy (non-hydrogen) atoms. The molecule has 1 atom stereocenters. The summed E-state index contributed by atoms with van der Waals surface area (Å²) < 4.78 is 26.5. The SMILES string of the molecule is C=CCC[C@H](C[N+](=O)[O-])c1cccc(F)c1F. The van der Waals surface area contributed by atoms with Gasteiger partial charge < -0.3 is 0 Å². The maximum atomic E-state index is 13.5. The van der Waals surface area contributed by atoms with Gasteiger partial charge in [-0.1, -0.05) is 18.2 Å². The van der Waals surface area contributed by atoms with Crippen LogP contribution in [0, 0.1) is 21.7 Å². The fourth-order valence-corrected chi connectivity index (χ4v) is 1.68. The maximum Gasteiger partial charge on any atom is 0.210 e. The lowest BCUT2D eigenvalue weighted by Crippen LogP contribution is -2.14. The largest absolute Gasteiger partial charge is 0.265 e. The molecule has 0 saturated carbocycles. The van der Waals surface area contributed by atoms with Crippen LogP contribution in [-0.2, 0) is 0 Å². The Kier molecular flexibility index (Phi) is 4.75. The lowest BCUT2D eigenvalue weighted by atomic mass is 9.93. The first-order chi connectivity index (χ1) is 8.06. The van der Waals surface area contributed by atoms with Gasteiger partial charge in [-0.05, 0) is 18.9 Å². The summed E-state index contributed by atoms with van der Waals surface area (Å²) in [7, 11) is 0. The van der Waals surface area contributed by atoms with E-state index in [1.807, 2.05) is 0 Å². The maximum absolute atomic E-state index is 13.5. The van der Waals surface area contributed by atoms with Crippen LogP contribution < -0.4 is 0 Å². The van der Waals surface area contributed by atoms with E-state index in [0.29, 0.717) is 12.8 Å². The van der Waals surface area contributed by atoms with Crippen LogP contribution in [0.25, 0.3) is 0 Å². The normalized spacial score (nSPS) is 12.1. The van der Waals surface area contributed by atoms with Crippen LogP contribution in [0.2, 0.25) is 0 Å². The molecule has 0 N–H and O–H groups in total. The summed E-state index contributed by atoms with van der Waals surface area (Å²) in [4.78, 5) is 9.99. The summed E-state index contributed by atoms with van der Waals surface area (Å²) in [6, 6.07) is 3.74. The Bertz CT molecular complexity index is 421. The molecular formula is C12H13F2NO2. The lowest BCUT2D eigenvalue weighted by molar-refractivity contribution is -0.483. The van der Waals surface area contributed by atoms with E-state index in [4.69, 9.17) is 0 Å². The van der Waals surface area contributed by atoms with Crippen molar-refractivity contribution < 1.29 is 13.7 Å². The lowest BCUT2D eigenvalue weighted by Gasteiger charge is -2.13. The van der Waals surface area contributed by atoms with Gasteiger partial charge in [0.05, 0.1) is 5.92 Å². The van der Waals surface area contributed by atoms with Gasteiger partial charge in [-0.25, -0.2) is 8.78 Å². The van der Waals surface area contributed by atoms with E-state index >= 15 is 0 Å². The fraction of sp³-hybridized carbons (Fsp3) is 0.333. The second-order valence-corrected chi connectivity index (χ2v) is 3.72. The van der Waals surface area contributed by atoms with Gasteiger partial charge in [0, 0.05) is 10.5 Å². The molecule has 1 aromatic rings. The number of rotatable bonds is 6. The Morgan fingerprint density at radius 2 is 2.18 bits per heavy atom. The van der Waals surface area contributed by atoms with Gasteiger partial charge in [-0.3, -0.25) is 10.1 Å². The van der Waals surface area contributed by atoms with Crippen molar-refractivity contribution in [2.24, 2.45) is 0 Å². The zero-order chi connectivity index (χ0) is 12.8. The topological polar surface area (TPSA) is 43.1 Å². The summed E-state index contributed by atoms with van der Waals surface area (Å²) in [6.45, 7) is 3.10. The van der Waals surface area contributed by atoms with Crippen LogP contribution in [-0.4, -0.2) is 11.5 Å². The first-order valence-electron chi connectivity index (χ1n) is 5.23. The summed E-state index contributed by atoms with van der Waals surface area (Å²) in [5.74, 6) is -2.60. The molecule has 0 aliphatic carbocycles. The van der Waals surface area contributed by atoms with Gasteiger partial charge in [0.2, 0.25) is 6.54 Å². The van der Waals surface area contributed by atoms with E-state index < -0.39 is 29.0 Å². The first-order valence-corrected chi connectivity index (χ1v) is 5.23. The summed E-state index contributed by atoms with van der Waals surface area (Å²) >= 11 is 0. The number of nitrogens with zero attached hydrogens (tertiary/aromatic N) is 1. The zero-order valence-electron chi connectivity index (χ0n) is 9.23. The molecule has 1 aromatic carbocycles. The highest BCUT2D eigenvalue weighted by Gasteiger charge is 2.22. The molecule has 0 amide bonds. The molecule has 92 valence electrons. The molecule has 0 aliphatic heterocycles. The van der Waals surface area contributed by atoms with Crippen molar-refractivity contribution in [2.75, 3.05) is 6.54 Å². The van der Waals surface area contributed by atoms with Crippen molar-refractivity contribution >= 4 is 0 Å². The molecule has 0 bridgehead atoms. The smallest absolute Gasteiger partial charge is 0.210 e. The molecular weight excluding hydrogens is 228 g/mol. The quantitative estimate of drug-likeness (QED) is 0.435. The first kappa shape index (κ1) is 13.3. The van der Waals surface area contributed by atoms with E-state index in [9.17, 15) is 18.9 Å². The minimum Gasteiger partial charge on any atom is -0.265 e. The van der Waals surface area contributed by atoms with Gasteiger partial charge >= 0.3 is 0 Å². The molecule has 0 aliphatic rings. The highest BCUT2D eigenvalue weighted by molar-refractivity contribution is 5.23. The summed E-state index contributed by atoms with van der Waals surface area (Å²) in [6.07, 6.45) is 2.50. The van der Waals surface area contributed by atoms with E-state index in [2.05, 4.69) is 6.58 Å². The third-order valence-corrected chi connectivity index (χ3v) is 2.51. The molecule has 5 heteroatoms. The van der Waals surface area contributed by atoms with Crippen molar-refractivity contribution in [3.63, 3.8) is 0 Å². The number of halogens is 2. The monoisotopic (exact) mass is 241 g/mol. The van der Waals surface area contributed by atoms with Gasteiger partial charge in [-0.15, -0.1) is 6.58 Å². The molecule has 0 aromatic heterocycles. The Labute approximate surface area is 97.9 Å². The molecule has 1 rings (SSSR count). The van der Waals surface area contributed by atoms with Crippen LogP contribution in [0.1, 0.15) is 24.3 Å². The fourth-order valence-electron chi connectivity index (χ4n) is 1.68. The van der Waals surface area contributed by atoms with Gasteiger partial charge in [0.1, 0.15) is 0 Å². The summed E-state index contributed by atoms with van der Waals surface area (Å²) in [5.41, 5.74) is 0.0588. The summed E-state index contributed by atoms with van der Waals surface area (Å²) in [5, 5.41) is 10.5. The van der Waals surface area contributed by atoms with Crippen molar-refractivity contribution in [1.29, 1.82) is 0 Å². The minimum absolute atomic E-state index is 0.0588. The molecule has 0 unspecified atom stereocenters. The van der Waals surface area contributed by atoms with E-state index in [1.54, 1.807) is 6.08 Å². The van der Waals surface area contributed by atoms with Gasteiger partial charge in [0.25, 0.3) is 0 Å². The molecule has 0 saturated heterocycles. The predicted molar refractivity (Wildman–Crippen MR) is 60.4 cm³/mol. The highest BCUT2D eigenvalue weighted by Crippen LogP contribution is 2.25. The third kappa shape index (κ3) is 3.62. The van der Waals surface area contributed by atoms with Crippen molar-refractivity contribution in [2.45, 2.75) is 18.8 Å². The minimum atomic E-state index is -0.997. The van der Waals surface area contributed by atoms with Crippen LogP contribution in [0.5, 0.6) is 0 Å². The number of hydrogen-bond acceptors (Lipinski definition) is 2. The molecule has 0 fully saturated rings. The van der Waals surface area contributed by atoms with Crippen molar-refractivity contribution in [1.82, 2.24) is 0 Å². The Hall–Kier alpha value is -1.78. The Morgan fingerprint density at radius 1 is 1.47 bits per heavy atom. The average molecular weight is 241 g/mol. The molecule has 3 nitrogen and oxygen atoms in total. The number of hydrogen-bond donors (Lipinski definition) is 0. The second kappa shape index (κ2) is 6.08. The van der Waals surface area contributed by atoms with Crippen LogP contribution in [0.4, 0.5) is 8.78 Å². The molecule has 0 spiro atoms. The van der Waals surface area contributed by atoms with E-state index in [-0.39, 0.29) is 5.56 Å². The van der Waals surface area contributed by atoms with Crippen LogP contribution in [0.3, 0.4) is 0 Å². The highest BCUT2D eigenvalue weighted by atomic mass is 19.2. The molecule has 0 radical (unpaired) electrons. The standard InChI is InChI=1S/C12H13F2NO2/c1-2-3-5-9(8-15(16)17)10-6-4-7-11(13)12(10)14/h2,4,6-7,9H,1,3,5,8H2/t9-/m1/s1. The van der Waals surface area contributed by atoms with Gasteiger partial charge in [0.15, 0.2) is 11.6 Å². The van der Waals surface area contributed by atoms with Crippen molar-refractivity contribution in [3.05, 3.63) is 58.2 Å². The third-order valence-electron chi connectivity index (χ3n) is 2.51. The second-order valence-electron chi connectivity index (χ2n) is 3.72. The Balaban J connectivity index is 2.98. The van der Waals surface area contributed by atoms with Gasteiger partial charge in [-0.2, -0.15) is 0 Å². The zero-order valence-corrected chi connectivity index (χ0v) is 9.23. The number of benzene rings is 1. The molecule has 0 heterocycles. The van der Waals surface area contributed by atoms with Crippen molar-refractivity contribution in [3.8, 4) is 0 Å². The van der Waals surface area contributed by atoms with Crippen LogP contribution in [0.15, 0.2) is 30.9 Å². The number of allylic oxidation sites excluding steroid dienone is 1. The number of nitro groups is 1.